The molecule has 0 fully saturated rings. The van der Waals surface area contributed by atoms with E-state index >= 15 is 0 Å². The molecule has 5 nitrogen and oxygen atoms in total. The molecule has 18 heavy (non-hydrogen) atoms. The molecule has 1 aromatic carbocycles. The summed E-state index contributed by atoms with van der Waals surface area (Å²) in [5, 5.41) is 10.6. The van der Waals surface area contributed by atoms with Crippen molar-refractivity contribution in [3.8, 4) is 0 Å². The number of hydrogen-bond donors (Lipinski definition) is 0. The zero-order valence-corrected chi connectivity index (χ0v) is 10.9. The Morgan fingerprint density at radius 1 is 1.50 bits per heavy atom. The quantitative estimate of drug-likeness (QED) is 0.314. The number of rotatable bonds is 8. The molecule has 0 N–H and O–H groups in total. The molecule has 0 unspecified atom stereocenters. The number of carbonyl (C=O) groups is 1. The Morgan fingerprint density at radius 2 is 2.28 bits per heavy atom. The fourth-order valence-corrected chi connectivity index (χ4v) is 2.16. The van der Waals surface area contributed by atoms with E-state index in [2.05, 4.69) is 0 Å². The summed E-state index contributed by atoms with van der Waals surface area (Å²) in [4.78, 5) is 21.9. The zero-order chi connectivity index (χ0) is 13.4. The molecule has 0 radical (unpaired) electrons. The molecule has 0 saturated heterocycles. The molecule has 0 aliphatic heterocycles. The SMILES string of the molecule is COCCCSCC(=O)c1cccc([N+](=O)[O-])c1. The lowest BCUT2D eigenvalue weighted by atomic mass is 10.1. The van der Waals surface area contributed by atoms with Crippen LogP contribution in [0.3, 0.4) is 0 Å². The first-order valence-corrected chi connectivity index (χ1v) is 6.65. The normalized spacial score (nSPS) is 10.3. The van der Waals surface area contributed by atoms with Gasteiger partial charge in [0.15, 0.2) is 5.78 Å². The predicted octanol–water partition coefficient (Wildman–Crippen LogP) is 2.55. The van der Waals surface area contributed by atoms with Gasteiger partial charge in [0.25, 0.3) is 5.69 Å². The molecule has 0 saturated carbocycles. The van der Waals surface area contributed by atoms with E-state index in [0.717, 1.165) is 12.2 Å². The minimum Gasteiger partial charge on any atom is -0.385 e. The van der Waals surface area contributed by atoms with Crippen LogP contribution in [0.1, 0.15) is 16.8 Å². The van der Waals surface area contributed by atoms with E-state index in [0.29, 0.717) is 17.9 Å². The van der Waals surface area contributed by atoms with Crippen molar-refractivity contribution in [3.63, 3.8) is 0 Å². The van der Waals surface area contributed by atoms with Gasteiger partial charge in [0.2, 0.25) is 0 Å². The van der Waals surface area contributed by atoms with Crippen LogP contribution in [0.5, 0.6) is 0 Å². The molecular weight excluding hydrogens is 254 g/mol. The Balaban J connectivity index is 2.46. The second-order valence-corrected chi connectivity index (χ2v) is 4.73. The van der Waals surface area contributed by atoms with Crippen molar-refractivity contribution in [1.82, 2.24) is 0 Å². The number of carbonyl (C=O) groups excluding carboxylic acids is 1. The summed E-state index contributed by atoms with van der Waals surface area (Å²) >= 11 is 1.51. The summed E-state index contributed by atoms with van der Waals surface area (Å²) < 4.78 is 4.90. The number of nitrogens with zero attached hydrogens (tertiary/aromatic N) is 1. The number of hydrogen-bond acceptors (Lipinski definition) is 5. The molecule has 1 rings (SSSR count). The summed E-state index contributed by atoms with van der Waals surface area (Å²) in [7, 11) is 1.64. The molecule has 0 spiro atoms. The summed E-state index contributed by atoms with van der Waals surface area (Å²) in [6, 6.07) is 5.83. The Labute approximate surface area is 110 Å². The summed E-state index contributed by atoms with van der Waals surface area (Å²) in [6.07, 6.45) is 0.892. The van der Waals surface area contributed by atoms with E-state index in [4.69, 9.17) is 4.74 Å². The van der Waals surface area contributed by atoms with Gasteiger partial charge in [-0.25, -0.2) is 0 Å². The first kappa shape index (κ1) is 14.7. The molecule has 0 bridgehead atoms. The number of thioether (sulfide) groups is 1. The van der Waals surface area contributed by atoms with Crippen LogP contribution in [-0.4, -0.2) is 35.9 Å². The van der Waals surface area contributed by atoms with Crippen LogP contribution in [0.25, 0.3) is 0 Å². The van der Waals surface area contributed by atoms with E-state index < -0.39 is 4.92 Å². The van der Waals surface area contributed by atoms with Gasteiger partial charge in [0.1, 0.15) is 0 Å². The third-order valence-corrected chi connectivity index (χ3v) is 3.29. The van der Waals surface area contributed by atoms with Gasteiger partial charge in [-0.3, -0.25) is 14.9 Å². The maximum absolute atomic E-state index is 11.8. The Kier molecular flexibility index (Phi) is 6.38. The van der Waals surface area contributed by atoms with E-state index in [1.807, 2.05) is 0 Å². The average Bonchev–Trinajstić information content (AvgIpc) is 2.38. The third kappa shape index (κ3) is 4.85. The highest BCUT2D eigenvalue weighted by molar-refractivity contribution is 7.99. The number of non-ortho nitro benzene ring substituents is 1. The number of ether oxygens (including phenoxy) is 1. The van der Waals surface area contributed by atoms with Crippen LogP contribution >= 0.6 is 11.8 Å². The standard InChI is InChI=1S/C12H15NO4S/c1-17-6-3-7-18-9-12(14)10-4-2-5-11(8-10)13(15)16/h2,4-5,8H,3,6-7,9H2,1H3. The topological polar surface area (TPSA) is 69.4 Å². The number of Topliss-reactive ketones (excluding diaryl/α,β-unsaturated/α-hetero) is 1. The first-order chi connectivity index (χ1) is 8.65. The van der Waals surface area contributed by atoms with Gasteiger partial charge < -0.3 is 4.74 Å². The highest BCUT2D eigenvalue weighted by Crippen LogP contribution is 2.15. The molecule has 0 amide bonds. The molecule has 0 aliphatic rings. The zero-order valence-electron chi connectivity index (χ0n) is 10.1. The van der Waals surface area contributed by atoms with Crippen molar-refractivity contribution < 1.29 is 14.5 Å². The largest absolute Gasteiger partial charge is 0.385 e. The number of ketones is 1. The van der Waals surface area contributed by atoms with Gasteiger partial charge in [-0.1, -0.05) is 12.1 Å². The monoisotopic (exact) mass is 269 g/mol. The lowest BCUT2D eigenvalue weighted by molar-refractivity contribution is -0.384. The number of methoxy groups -OCH3 is 1. The fourth-order valence-electron chi connectivity index (χ4n) is 1.35. The summed E-state index contributed by atoms with van der Waals surface area (Å²) in [5.74, 6) is 1.10. The lowest BCUT2D eigenvalue weighted by Gasteiger charge is -2.01. The second kappa shape index (κ2) is 7.84. The molecule has 6 heteroatoms. The van der Waals surface area contributed by atoms with E-state index in [-0.39, 0.29) is 11.5 Å². The van der Waals surface area contributed by atoms with Crippen LogP contribution < -0.4 is 0 Å². The van der Waals surface area contributed by atoms with Gasteiger partial charge >= 0.3 is 0 Å². The highest BCUT2D eigenvalue weighted by Gasteiger charge is 2.11. The smallest absolute Gasteiger partial charge is 0.270 e. The minimum atomic E-state index is -0.498. The molecule has 98 valence electrons. The van der Waals surface area contributed by atoms with E-state index in [9.17, 15) is 14.9 Å². The van der Waals surface area contributed by atoms with Crippen molar-refractivity contribution in [2.24, 2.45) is 0 Å². The third-order valence-electron chi connectivity index (χ3n) is 2.25. The molecule has 0 aliphatic carbocycles. The average molecular weight is 269 g/mol. The Hall–Kier alpha value is -1.40. The maximum Gasteiger partial charge on any atom is 0.270 e. The van der Waals surface area contributed by atoms with Crippen LogP contribution in [0.2, 0.25) is 0 Å². The van der Waals surface area contributed by atoms with Crippen molar-refractivity contribution in [2.75, 3.05) is 25.2 Å². The molecule has 0 aromatic heterocycles. The van der Waals surface area contributed by atoms with Crippen molar-refractivity contribution in [2.45, 2.75) is 6.42 Å². The van der Waals surface area contributed by atoms with Crippen molar-refractivity contribution >= 4 is 23.2 Å². The summed E-state index contributed by atoms with van der Waals surface area (Å²) in [6.45, 7) is 0.679. The van der Waals surface area contributed by atoms with E-state index in [1.165, 1.54) is 30.0 Å². The molecule has 0 atom stereocenters. The van der Waals surface area contributed by atoms with Gasteiger partial charge in [-0.05, 0) is 12.2 Å². The summed E-state index contributed by atoms with van der Waals surface area (Å²) in [5.41, 5.74) is 0.341. The highest BCUT2D eigenvalue weighted by atomic mass is 32.2. The van der Waals surface area contributed by atoms with Crippen LogP contribution in [0, 0.1) is 10.1 Å². The Bertz CT molecular complexity index is 422. The van der Waals surface area contributed by atoms with Crippen LogP contribution in [0.4, 0.5) is 5.69 Å². The van der Waals surface area contributed by atoms with Gasteiger partial charge in [0.05, 0.1) is 10.7 Å². The van der Waals surface area contributed by atoms with Crippen molar-refractivity contribution in [3.05, 3.63) is 39.9 Å². The van der Waals surface area contributed by atoms with Crippen LogP contribution in [0.15, 0.2) is 24.3 Å². The van der Waals surface area contributed by atoms with Gasteiger partial charge in [-0.15, -0.1) is 0 Å². The van der Waals surface area contributed by atoms with Crippen LogP contribution in [-0.2, 0) is 4.74 Å². The molecular formula is C12H15NO4S. The predicted molar refractivity (Wildman–Crippen MR) is 71.2 cm³/mol. The molecule has 0 heterocycles. The number of benzene rings is 1. The van der Waals surface area contributed by atoms with Gasteiger partial charge in [0, 0.05) is 31.4 Å². The minimum absolute atomic E-state index is 0.0507. The fraction of sp³-hybridized carbons (Fsp3) is 0.417. The Morgan fingerprint density at radius 3 is 2.94 bits per heavy atom. The lowest BCUT2D eigenvalue weighted by Crippen LogP contribution is -2.04. The van der Waals surface area contributed by atoms with Gasteiger partial charge in [-0.2, -0.15) is 11.8 Å². The first-order valence-electron chi connectivity index (χ1n) is 5.49. The van der Waals surface area contributed by atoms with Crippen molar-refractivity contribution in [1.29, 1.82) is 0 Å². The number of nitro groups is 1. The number of nitro benzene ring substituents is 1. The maximum atomic E-state index is 11.8. The van der Waals surface area contributed by atoms with E-state index in [1.54, 1.807) is 13.2 Å². The molecule has 1 aromatic rings. The second-order valence-electron chi connectivity index (χ2n) is 3.63.